The Hall–Kier alpha value is -1.29. The average molecular weight is 239 g/mol. The molecule has 0 radical (unpaired) electrons. The molecule has 96 valence electrons. The van der Waals surface area contributed by atoms with Gasteiger partial charge < -0.3 is 14.0 Å². The van der Waals surface area contributed by atoms with Gasteiger partial charge in [-0.25, -0.2) is 4.79 Å². The van der Waals surface area contributed by atoms with Crippen LogP contribution < -0.4 is 0 Å². The summed E-state index contributed by atoms with van der Waals surface area (Å²) in [7, 11) is 1.70. The molecule has 0 amide bonds. The third kappa shape index (κ3) is 3.89. The molecule has 0 aliphatic heterocycles. The van der Waals surface area contributed by atoms with Crippen molar-refractivity contribution in [1.82, 2.24) is 4.57 Å². The zero-order valence-corrected chi connectivity index (χ0v) is 11.0. The number of hydrogen-bond acceptors (Lipinski definition) is 3. The summed E-state index contributed by atoms with van der Waals surface area (Å²) in [6.45, 7) is 7.00. The summed E-state index contributed by atoms with van der Waals surface area (Å²) in [4.78, 5) is 11.6. The van der Waals surface area contributed by atoms with E-state index in [4.69, 9.17) is 9.47 Å². The molecule has 0 aliphatic carbocycles. The Morgan fingerprint density at radius 3 is 2.76 bits per heavy atom. The Labute approximate surface area is 103 Å². The summed E-state index contributed by atoms with van der Waals surface area (Å²) in [5.41, 5.74) is 0.412. The molecule has 0 fully saturated rings. The second-order valence-electron chi connectivity index (χ2n) is 4.52. The smallest absolute Gasteiger partial charge is 0.354 e. The molecule has 0 atom stereocenters. The van der Waals surface area contributed by atoms with Crippen LogP contribution in [0.3, 0.4) is 0 Å². The zero-order valence-electron chi connectivity index (χ0n) is 11.0. The van der Waals surface area contributed by atoms with Crippen LogP contribution in [0.25, 0.3) is 0 Å². The first kappa shape index (κ1) is 13.8. The number of ether oxygens (including phenoxy) is 2. The Morgan fingerprint density at radius 2 is 2.18 bits per heavy atom. The first-order valence-corrected chi connectivity index (χ1v) is 5.87. The highest BCUT2D eigenvalue weighted by Crippen LogP contribution is 2.15. The van der Waals surface area contributed by atoms with Crippen LogP contribution in [0.4, 0.5) is 0 Å². The van der Waals surface area contributed by atoms with Gasteiger partial charge in [0.1, 0.15) is 5.69 Å². The molecule has 1 aromatic heterocycles. The number of carbonyl (C=O) groups is 1. The molecule has 0 N–H and O–H groups in total. The largest absolute Gasteiger partial charge is 0.461 e. The number of carbonyl (C=O) groups excluding carboxylic acids is 1. The lowest BCUT2D eigenvalue weighted by Crippen LogP contribution is -2.25. The number of hydrogen-bond donors (Lipinski definition) is 0. The van der Waals surface area contributed by atoms with Gasteiger partial charge in [-0.05, 0) is 39.3 Å². The summed E-state index contributed by atoms with van der Waals surface area (Å²) in [6.07, 6.45) is 2.72. The lowest BCUT2D eigenvalue weighted by atomic mass is 10.1. The maximum absolute atomic E-state index is 11.6. The zero-order chi connectivity index (χ0) is 12.9. The summed E-state index contributed by atoms with van der Waals surface area (Å²) in [5.74, 6) is -0.271. The molecular formula is C13H21NO3. The Morgan fingerprint density at radius 1 is 1.47 bits per heavy atom. The van der Waals surface area contributed by atoms with Crippen LogP contribution in [0.15, 0.2) is 18.3 Å². The molecule has 17 heavy (non-hydrogen) atoms. The van der Waals surface area contributed by atoms with E-state index in [2.05, 4.69) is 0 Å². The first-order chi connectivity index (χ1) is 8.00. The molecule has 1 aromatic rings. The van der Waals surface area contributed by atoms with Crippen LogP contribution in [0.1, 0.15) is 37.7 Å². The van der Waals surface area contributed by atoms with Gasteiger partial charge in [0.05, 0.1) is 12.2 Å². The van der Waals surface area contributed by atoms with E-state index in [1.54, 1.807) is 20.1 Å². The first-order valence-electron chi connectivity index (χ1n) is 5.87. The highest BCUT2D eigenvalue weighted by molar-refractivity contribution is 5.87. The molecule has 0 aliphatic rings. The third-order valence-electron chi connectivity index (χ3n) is 2.82. The monoisotopic (exact) mass is 239 g/mol. The van der Waals surface area contributed by atoms with E-state index in [-0.39, 0.29) is 11.6 Å². The van der Waals surface area contributed by atoms with Crippen molar-refractivity contribution >= 4 is 5.97 Å². The van der Waals surface area contributed by atoms with Gasteiger partial charge >= 0.3 is 5.97 Å². The van der Waals surface area contributed by atoms with Crippen LogP contribution in [-0.2, 0) is 16.0 Å². The number of nitrogens with zero attached hydrogens (tertiary/aromatic N) is 1. The molecule has 1 rings (SSSR count). The van der Waals surface area contributed by atoms with Gasteiger partial charge in [-0.1, -0.05) is 0 Å². The minimum atomic E-state index is -0.271. The van der Waals surface area contributed by atoms with Crippen molar-refractivity contribution in [2.75, 3.05) is 13.7 Å². The van der Waals surface area contributed by atoms with Crippen LogP contribution in [0, 0.1) is 0 Å². The molecule has 0 unspecified atom stereocenters. The minimum absolute atomic E-state index is 0.184. The fraction of sp³-hybridized carbons (Fsp3) is 0.615. The molecule has 4 nitrogen and oxygen atoms in total. The maximum atomic E-state index is 11.6. The fourth-order valence-corrected chi connectivity index (χ4v) is 1.49. The number of esters is 1. The quantitative estimate of drug-likeness (QED) is 0.716. The van der Waals surface area contributed by atoms with Gasteiger partial charge in [0, 0.05) is 19.9 Å². The molecule has 0 spiro atoms. The van der Waals surface area contributed by atoms with E-state index in [1.165, 1.54) is 0 Å². The normalized spacial score (nSPS) is 11.5. The molecule has 0 saturated carbocycles. The topological polar surface area (TPSA) is 40.5 Å². The number of aryl methyl sites for hydroxylation is 1. The van der Waals surface area contributed by atoms with E-state index < -0.39 is 0 Å². The van der Waals surface area contributed by atoms with Gasteiger partial charge in [0.2, 0.25) is 0 Å². The Bertz CT molecular complexity index is 368. The summed E-state index contributed by atoms with van der Waals surface area (Å²) in [6, 6.07) is 3.63. The summed E-state index contributed by atoms with van der Waals surface area (Å²) in [5, 5.41) is 0. The maximum Gasteiger partial charge on any atom is 0.354 e. The van der Waals surface area contributed by atoms with Crippen molar-refractivity contribution in [3.8, 4) is 0 Å². The second-order valence-corrected chi connectivity index (χ2v) is 4.52. The van der Waals surface area contributed by atoms with Crippen LogP contribution >= 0.6 is 0 Å². The van der Waals surface area contributed by atoms with Gasteiger partial charge in [-0.15, -0.1) is 0 Å². The van der Waals surface area contributed by atoms with Crippen molar-refractivity contribution in [3.63, 3.8) is 0 Å². The van der Waals surface area contributed by atoms with E-state index >= 15 is 0 Å². The number of methoxy groups -OCH3 is 1. The van der Waals surface area contributed by atoms with E-state index in [9.17, 15) is 4.79 Å². The van der Waals surface area contributed by atoms with Gasteiger partial charge in [-0.3, -0.25) is 0 Å². The number of rotatable bonds is 6. The SMILES string of the molecule is CCOC(=O)c1cccn1CCC(C)(C)OC. The standard InChI is InChI=1S/C13H21NO3/c1-5-17-12(15)11-7-6-9-14(11)10-8-13(2,3)16-4/h6-7,9H,5,8,10H2,1-4H3. The van der Waals surface area contributed by atoms with Crippen LogP contribution in [-0.4, -0.2) is 29.9 Å². The molecule has 0 aromatic carbocycles. The van der Waals surface area contributed by atoms with Crippen molar-refractivity contribution < 1.29 is 14.3 Å². The van der Waals surface area contributed by atoms with Crippen molar-refractivity contribution in [1.29, 1.82) is 0 Å². The lowest BCUT2D eigenvalue weighted by Gasteiger charge is -2.23. The molecule has 4 heteroatoms. The van der Waals surface area contributed by atoms with Crippen molar-refractivity contribution in [3.05, 3.63) is 24.0 Å². The molecular weight excluding hydrogens is 218 g/mol. The van der Waals surface area contributed by atoms with Crippen LogP contribution in [0.5, 0.6) is 0 Å². The molecule has 1 heterocycles. The summed E-state index contributed by atoms with van der Waals surface area (Å²) >= 11 is 0. The minimum Gasteiger partial charge on any atom is -0.461 e. The third-order valence-corrected chi connectivity index (χ3v) is 2.82. The van der Waals surface area contributed by atoms with Gasteiger partial charge in [-0.2, -0.15) is 0 Å². The van der Waals surface area contributed by atoms with Gasteiger partial charge in [0.15, 0.2) is 0 Å². The lowest BCUT2D eigenvalue weighted by molar-refractivity contribution is 0.0116. The van der Waals surface area contributed by atoms with Gasteiger partial charge in [0.25, 0.3) is 0 Å². The van der Waals surface area contributed by atoms with Crippen LogP contribution in [0.2, 0.25) is 0 Å². The van der Waals surface area contributed by atoms with E-state index in [1.807, 2.05) is 30.7 Å². The van der Waals surface area contributed by atoms with E-state index in [0.717, 1.165) is 13.0 Å². The van der Waals surface area contributed by atoms with Crippen molar-refractivity contribution in [2.45, 2.75) is 39.3 Å². The Kier molecular flexibility index (Phi) is 4.75. The predicted molar refractivity (Wildman–Crippen MR) is 66.1 cm³/mol. The fourth-order valence-electron chi connectivity index (χ4n) is 1.49. The number of aromatic nitrogens is 1. The Balaban J connectivity index is 2.66. The highest BCUT2D eigenvalue weighted by Gasteiger charge is 2.18. The second kappa shape index (κ2) is 5.87. The molecule has 0 bridgehead atoms. The molecule has 0 saturated heterocycles. The summed E-state index contributed by atoms with van der Waals surface area (Å²) < 4.78 is 12.3. The predicted octanol–water partition coefficient (Wildman–Crippen LogP) is 2.48. The van der Waals surface area contributed by atoms with Crippen molar-refractivity contribution in [2.24, 2.45) is 0 Å². The van der Waals surface area contributed by atoms with E-state index in [0.29, 0.717) is 12.3 Å². The average Bonchev–Trinajstić information content (AvgIpc) is 2.75. The highest BCUT2D eigenvalue weighted by atomic mass is 16.5.